The maximum atomic E-state index is 12.1. The average molecular weight is 283 g/mol. The number of rotatable bonds is 3. The molecule has 1 amide bonds. The van der Waals surface area contributed by atoms with Crippen molar-refractivity contribution in [1.29, 1.82) is 0 Å². The third-order valence-electron chi connectivity index (χ3n) is 3.09. The van der Waals surface area contributed by atoms with Crippen LogP contribution in [-0.2, 0) is 4.79 Å². The van der Waals surface area contributed by atoms with Gasteiger partial charge in [-0.05, 0) is 42.7 Å². The standard InChI is InChI=1S/C15H13N3OS/c1-20-13-6-4-12(5-7-13)18-15(19)9-14(17-18)11-3-2-8-16-10-11/h2-8,10H,9H2,1H3. The summed E-state index contributed by atoms with van der Waals surface area (Å²) in [5, 5.41) is 5.88. The van der Waals surface area contributed by atoms with E-state index in [4.69, 9.17) is 0 Å². The topological polar surface area (TPSA) is 45.6 Å². The van der Waals surface area contributed by atoms with Gasteiger partial charge in [0.25, 0.3) is 5.91 Å². The van der Waals surface area contributed by atoms with Crippen molar-refractivity contribution in [2.24, 2.45) is 5.10 Å². The first-order chi connectivity index (χ1) is 9.78. The van der Waals surface area contributed by atoms with E-state index in [2.05, 4.69) is 10.1 Å². The van der Waals surface area contributed by atoms with Crippen LogP contribution in [0.2, 0.25) is 0 Å². The van der Waals surface area contributed by atoms with Crippen molar-refractivity contribution in [3.05, 3.63) is 54.4 Å². The molecule has 1 aliphatic heterocycles. The summed E-state index contributed by atoms with van der Waals surface area (Å²) in [6, 6.07) is 11.6. The molecule has 0 saturated heterocycles. The van der Waals surface area contributed by atoms with Gasteiger partial charge in [-0.1, -0.05) is 0 Å². The van der Waals surface area contributed by atoms with E-state index in [1.165, 1.54) is 5.01 Å². The molecule has 100 valence electrons. The Morgan fingerprint density at radius 2 is 2.00 bits per heavy atom. The van der Waals surface area contributed by atoms with Crippen LogP contribution in [0.15, 0.2) is 58.8 Å². The second-order valence-corrected chi connectivity index (χ2v) is 5.25. The molecule has 0 N–H and O–H groups in total. The normalized spacial score (nSPS) is 14.6. The fraction of sp³-hybridized carbons (Fsp3) is 0.133. The first-order valence-electron chi connectivity index (χ1n) is 6.23. The molecule has 4 nitrogen and oxygen atoms in total. The van der Waals surface area contributed by atoms with Crippen LogP contribution < -0.4 is 5.01 Å². The SMILES string of the molecule is CSc1ccc(N2N=C(c3cccnc3)CC2=O)cc1. The molecule has 2 aromatic rings. The third kappa shape index (κ3) is 2.44. The third-order valence-corrected chi connectivity index (χ3v) is 3.83. The van der Waals surface area contributed by atoms with Gasteiger partial charge in [0.15, 0.2) is 0 Å². The second kappa shape index (κ2) is 5.46. The van der Waals surface area contributed by atoms with Crippen molar-refractivity contribution < 1.29 is 4.79 Å². The molecule has 1 aromatic heterocycles. The number of aromatic nitrogens is 1. The number of carbonyl (C=O) groups excluding carboxylic acids is 1. The summed E-state index contributed by atoms with van der Waals surface area (Å²) >= 11 is 1.67. The first kappa shape index (κ1) is 12.9. The summed E-state index contributed by atoms with van der Waals surface area (Å²) in [6.07, 6.45) is 5.77. The summed E-state index contributed by atoms with van der Waals surface area (Å²) < 4.78 is 0. The molecule has 0 radical (unpaired) electrons. The minimum atomic E-state index is -0.0132. The molecule has 0 atom stereocenters. The Bertz CT molecular complexity index is 653. The second-order valence-electron chi connectivity index (χ2n) is 4.37. The van der Waals surface area contributed by atoms with Crippen LogP contribution in [-0.4, -0.2) is 22.9 Å². The van der Waals surface area contributed by atoms with Crippen molar-refractivity contribution in [1.82, 2.24) is 4.98 Å². The summed E-state index contributed by atoms with van der Waals surface area (Å²) in [6.45, 7) is 0. The molecule has 0 saturated carbocycles. The van der Waals surface area contributed by atoms with E-state index in [1.54, 1.807) is 24.2 Å². The fourth-order valence-electron chi connectivity index (χ4n) is 2.05. The fourth-order valence-corrected chi connectivity index (χ4v) is 2.46. The number of hydrogen-bond donors (Lipinski definition) is 0. The average Bonchev–Trinajstić information content (AvgIpc) is 2.90. The van der Waals surface area contributed by atoms with Gasteiger partial charge >= 0.3 is 0 Å². The highest BCUT2D eigenvalue weighted by Gasteiger charge is 2.26. The van der Waals surface area contributed by atoms with Crippen LogP contribution >= 0.6 is 11.8 Å². The molecule has 0 bridgehead atoms. The van der Waals surface area contributed by atoms with Gasteiger partial charge in [-0.25, -0.2) is 5.01 Å². The molecule has 1 aliphatic rings. The lowest BCUT2D eigenvalue weighted by Gasteiger charge is -2.11. The van der Waals surface area contributed by atoms with E-state index in [1.807, 2.05) is 42.7 Å². The van der Waals surface area contributed by atoms with Crippen LogP contribution in [0.5, 0.6) is 0 Å². The molecule has 1 aromatic carbocycles. The van der Waals surface area contributed by atoms with E-state index in [-0.39, 0.29) is 5.91 Å². The van der Waals surface area contributed by atoms with Crippen molar-refractivity contribution in [3.63, 3.8) is 0 Å². The van der Waals surface area contributed by atoms with Crippen molar-refractivity contribution in [2.45, 2.75) is 11.3 Å². The number of amides is 1. The number of carbonyl (C=O) groups is 1. The number of nitrogens with zero attached hydrogens (tertiary/aromatic N) is 3. The lowest BCUT2D eigenvalue weighted by Crippen LogP contribution is -2.19. The lowest BCUT2D eigenvalue weighted by molar-refractivity contribution is -0.116. The first-order valence-corrected chi connectivity index (χ1v) is 7.45. The molecule has 2 heterocycles. The number of hydrogen-bond acceptors (Lipinski definition) is 4. The highest BCUT2D eigenvalue weighted by molar-refractivity contribution is 7.98. The molecule has 0 fully saturated rings. The quantitative estimate of drug-likeness (QED) is 0.814. The van der Waals surface area contributed by atoms with Gasteiger partial charge in [0.05, 0.1) is 17.8 Å². The monoisotopic (exact) mass is 283 g/mol. The molecule has 0 unspecified atom stereocenters. The van der Waals surface area contributed by atoms with Gasteiger partial charge in [0.2, 0.25) is 0 Å². The van der Waals surface area contributed by atoms with E-state index in [0.29, 0.717) is 6.42 Å². The Morgan fingerprint density at radius 3 is 2.65 bits per heavy atom. The van der Waals surface area contributed by atoms with Gasteiger partial charge in [-0.15, -0.1) is 11.8 Å². The molecule has 0 aliphatic carbocycles. The highest BCUT2D eigenvalue weighted by atomic mass is 32.2. The van der Waals surface area contributed by atoms with Crippen LogP contribution in [0, 0.1) is 0 Å². The zero-order valence-electron chi connectivity index (χ0n) is 11.0. The zero-order valence-corrected chi connectivity index (χ0v) is 11.8. The minimum absolute atomic E-state index is 0.0132. The molecular weight excluding hydrogens is 270 g/mol. The lowest BCUT2D eigenvalue weighted by atomic mass is 10.1. The Labute approximate surface area is 121 Å². The van der Waals surface area contributed by atoms with Crippen LogP contribution in [0.25, 0.3) is 0 Å². The van der Waals surface area contributed by atoms with Gasteiger partial charge in [0.1, 0.15) is 0 Å². The Kier molecular flexibility index (Phi) is 3.52. The zero-order chi connectivity index (χ0) is 13.9. The van der Waals surface area contributed by atoms with E-state index < -0.39 is 0 Å². The van der Waals surface area contributed by atoms with E-state index >= 15 is 0 Å². The predicted molar refractivity (Wildman–Crippen MR) is 81.1 cm³/mol. The summed E-state index contributed by atoms with van der Waals surface area (Å²) in [5.41, 5.74) is 2.45. The van der Waals surface area contributed by atoms with E-state index in [9.17, 15) is 4.79 Å². The molecule has 3 rings (SSSR count). The molecular formula is C15H13N3OS. The van der Waals surface area contributed by atoms with Gasteiger partial charge in [-0.3, -0.25) is 9.78 Å². The smallest absolute Gasteiger partial charge is 0.253 e. The van der Waals surface area contributed by atoms with Gasteiger partial charge in [-0.2, -0.15) is 5.10 Å². The summed E-state index contributed by atoms with van der Waals surface area (Å²) in [4.78, 5) is 17.3. The number of pyridine rings is 1. The summed E-state index contributed by atoms with van der Waals surface area (Å²) in [5.74, 6) is -0.0132. The summed E-state index contributed by atoms with van der Waals surface area (Å²) in [7, 11) is 0. The number of thioether (sulfide) groups is 1. The van der Waals surface area contributed by atoms with Crippen LogP contribution in [0.1, 0.15) is 12.0 Å². The maximum Gasteiger partial charge on any atom is 0.253 e. The Hall–Kier alpha value is -2.14. The Balaban J connectivity index is 1.90. The number of benzene rings is 1. The molecule has 0 spiro atoms. The van der Waals surface area contributed by atoms with Crippen molar-refractivity contribution in [2.75, 3.05) is 11.3 Å². The number of anilines is 1. The van der Waals surface area contributed by atoms with Crippen molar-refractivity contribution >= 4 is 29.1 Å². The molecule has 20 heavy (non-hydrogen) atoms. The Morgan fingerprint density at radius 1 is 1.20 bits per heavy atom. The van der Waals surface area contributed by atoms with Gasteiger partial charge < -0.3 is 0 Å². The number of hydrazone groups is 1. The highest BCUT2D eigenvalue weighted by Crippen LogP contribution is 2.25. The molecule has 5 heteroatoms. The van der Waals surface area contributed by atoms with Gasteiger partial charge in [0, 0.05) is 22.9 Å². The van der Waals surface area contributed by atoms with Crippen LogP contribution in [0.3, 0.4) is 0 Å². The largest absolute Gasteiger partial charge is 0.272 e. The predicted octanol–water partition coefficient (Wildman–Crippen LogP) is 2.94. The maximum absolute atomic E-state index is 12.1. The van der Waals surface area contributed by atoms with Crippen molar-refractivity contribution in [3.8, 4) is 0 Å². The van der Waals surface area contributed by atoms with Crippen LogP contribution in [0.4, 0.5) is 5.69 Å². The minimum Gasteiger partial charge on any atom is -0.272 e. The van der Waals surface area contributed by atoms with E-state index in [0.717, 1.165) is 21.9 Å².